The van der Waals surface area contributed by atoms with Crippen molar-refractivity contribution >= 4 is 5.91 Å². The normalized spacial score (nSPS) is 43.1. The lowest BCUT2D eigenvalue weighted by molar-refractivity contribution is -0.149. The molecule has 2 aliphatic carbocycles. The number of nitrogens with one attached hydrogen (secondary N) is 1. The third-order valence-corrected chi connectivity index (χ3v) is 5.00. The molecule has 1 amide bonds. The first-order valence-corrected chi connectivity index (χ1v) is 5.58. The molecule has 0 aromatic heterocycles. The molecule has 1 N–H and O–H groups in total. The number of fused-ring (bicyclic) bond motifs is 2. The lowest BCUT2D eigenvalue weighted by Gasteiger charge is -2.69. The maximum Gasteiger partial charge on any atom is 0.244 e. The summed E-state index contributed by atoms with van der Waals surface area (Å²) >= 11 is 0. The van der Waals surface area contributed by atoms with E-state index < -0.39 is 0 Å². The van der Waals surface area contributed by atoms with E-state index in [4.69, 9.17) is 0 Å². The minimum absolute atomic E-state index is 0.0845. The molecular weight excluding hydrogens is 174 g/mol. The van der Waals surface area contributed by atoms with Gasteiger partial charge in [-0.05, 0) is 38.5 Å². The third-order valence-electron chi connectivity index (χ3n) is 5.00. The van der Waals surface area contributed by atoms with Gasteiger partial charge in [-0.25, -0.2) is 0 Å². The topological polar surface area (TPSA) is 29.1 Å². The first-order chi connectivity index (χ1) is 6.57. The average molecular weight is 191 g/mol. The zero-order chi connectivity index (χ0) is 9.97. The lowest BCUT2D eigenvalue weighted by Crippen LogP contribution is -2.74. The maximum atomic E-state index is 11.5. The van der Waals surface area contributed by atoms with Crippen LogP contribution in [0.15, 0.2) is 11.6 Å². The lowest BCUT2D eigenvalue weighted by atomic mass is 9.40. The van der Waals surface area contributed by atoms with Gasteiger partial charge in [-0.2, -0.15) is 0 Å². The predicted octanol–water partition coefficient (Wildman–Crippen LogP) is 2.01. The number of hydrogen-bond acceptors (Lipinski definition) is 1. The Morgan fingerprint density at radius 1 is 1.50 bits per heavy atom. The van der Waals surface area contributed by atoms with E-state index in [1.54, 1.807) is 6.08 Å². The Labute approximate surface area is 84.8 Å². The van der Waals surface area contributed by atoms with E-state index in [2.05, 4.69) is 19.2 Å². The van der Waals surface area contributed by atoms with Gasteiger partial charge in [0, 0.05) is 17.5 Å². The molecule has 2 unspecified atom stereocenters. The fraction of sp³-hybridized carbons (Fsp3) is 0.750. The molecule has 0 saturated heterocycles. The van der Waals surface area contributed by atoms with E-state index >= 15 is 0 Å². The molecule has 0 aromatic carbocycles. The van der Waals surface area contributed by atoms with Crippen LogP contribution in [-0.4, -0.2) is 11.4 Å². The van der Waals surface area contributed by atoms with Gasteiger partial charge in [-0.15, -0.1) is 0 Å². The molecule has 0 aromatic rings. The summed E-state index contributed by atoms with van der Waals surface area (Å²) in [6.45, 7) is 4.35. The van der Waals surface area contributed by atoms with E-state index in [0.717, 1.165) is 0 Å². The van der Waals surface area contributed by atoms with Crippen LogP contribution >= 0.6 is 0 Å². The summed E-state index contributed by atoms with van der Waals surface area (Å²) in [5.41, 5.74) is 1.83. The van der Waals surface area contributed by atoms with Crippen molar-refractivity contribution in [2.24, 2.45) is 11.3 Å². The summed E-state index contributed by atoms with van der Waals surface area (Å²) in [7, 11) is 0. The second kappa shape index (κ2) is 2.23. The number of carbonyl (C=O) groups is 1. The second-order valence-electron chi connectivity index (χ2n) is 5.47. The summed E-state index contributed by atoms with van der Waals surface area (Å²) in [6.07, 6.45) is 7.05. The molecule has 2 fully saturated rings. The van der Waals surface area contributed by atoms with Gasteiger partial charge in [-0.1, -0.05) is 12.0 Å². The van der Waals surface area contributed by atoms with E-state index in [-0.39, 0.29) is 11.4 Å². The van der Waals surface area contributed by atoms with Crippen LogP contribution in [0.4, 0.5) is 0 Å². The molecule has 2 heteroatoms. The quantitative estimate of drug-likeness (QED) is 0.623. The van der Waals surface area contributed by atoms with Crippen LogP contribution < -0.4 is 5.32 Å². The van der Waals surface area contributed by atoms with Gasteiger partial charge >= 0.3 is 0 Å². The van der Waals surface area contributed by atoms with Gasteiger partial charge in [0.2, 0.25) is 5.91 Å². The van der Waals surface area contributed by atoms with Crippen molar-refractivity contribution in [3.05, 3.63) is 11.6 Å². The van der Waals surface area contributed by atoms with E-state index in [0.29, 0.717) is 11.3 Å². The molecule has 2 atom stereocenters. The van der Waals surface area contributed by atoms with Crippen LogP contribution in [-0.2, 0) is 4.79 Å². The molecule has 76 valence electrons. The van der Waals surface area contributed by atoms with Crippen molar-refractivity contribution in [3.63, 3.8) is 0 Å². The second-order valence-corrected chi connectivity index (χ2v) is 5.47. The molecule has 1 spiro atoms. The first kappa shape index (κ1) is 8.51. The van der Waals surface area contributed by atoms with Crippen molar-refractivity contribution in [3.8, 4) is 0 Å². The molecule has 1 heterocycles. The highest BCUT2D eigenvalue weighted by Gasteiger charge is 2.66. The molecular formula is C12H17NO. The molecule has 0 radical (unpaired) electrons. The summed E-state index contributed by atoms with van der Waals surface area (Å²) < 4.78 is 0. The maximum absolute atomic E-state index is 11.5. The summed E-state index contributed by atoms with van der Waals surface area (Å²) in [4.78, 5) is 11.5. The van der Waals surface area contributed by atoms with Crippen molar-refractivity contribution < 1.29 is 4.79 Å². The Balaban J connectivity index is 1.98. The molecule has 2 saturated carbocycles. The Bertz CT molecular complexity index is 340. The van der Waals surface area contributed by atoms with E-state index in [9.17, 15) is 4.79 Å². The van der Waals surface area contributed by atoms with Gasteiger partial charge in [0.15, 0.2) is 0 Å². The van der Waals surface area contributed by atoms with Crippen LogP contribution in [0.1, 0.15) is 39.5 Å². The van der Waals surface area contributed by atoms with Crippen LogP contribution in [0.5, 0.6) is 0 Å². The Morgan fingerprint density at radius 3 is 2.79 bits per heavy atom. The van der Waals surface area contributed by atoms with Gasteiger partial charge in [0.1, 0.15) is 0 Å². The summed E-state index contributed by atoms with van der Waals surface area (Å²) in [5.74, 6) is 0.729. The Kier molecular flexibility index (Phi) is 1.36. The minimum Gasteiger partial charge on any atom is -0.346 e. The van der Waals surface area contributed by atoms with Gasteiger partial charge in [0.05, 0.1) is 0 Å². The van der Waals surface area contributed by atoms with Crippen molar-refractivity contribution in [2.45, 2.75) is 45.1 Å². The predicted molar refractivity (Wildman–Crippen MR) is 54.7 cm³/mol. The average Bonchev–Trinajstić information content (AvgIpc) is 1.96. The standard InChI is InChI=1S/C12H17NO/c1-8-6-10(14)13-11(2)9(8)7-12(11)4-3-5-12/h6,9H,3-5,7H2,1-2H3,(H,13,14). The first-order valence-electron chi connectivity index (χ1n) is 5.58. The van der Waals surface area contributed by atoms with Crippen LogP contribution in [0.2, 0.25) is 0 Å². The third kappa shape index (κ3) is 0.723. The molecule has 3 rings (SSSR count). The number of carbonyl (C=O) groups excluding carboxylic acids is 1. The van der Waals surface area contributed by atoms with Crippen molar-refractivity contribution in [1.29, 1.82) is 0 Å². The molecule has 1 aliphatic heterocycles. The molecule has 2 nitrogen and oxygen atoms in total. The van der Waals surface area contributed by atoms with Gasteiger partial charge < -0.3 is 5.32 Å². The highest BCUT2D eigenvalue weighted by atomic mass is 16.1. The minimum atomic E-state index is 0.0845. The number of rotatable bonds is 0. The van der Waals surface area contributed by atoms with E-state index in [1.807, 2.05) is 0 Å². The largest absolute Gasteiger partial charge is 0.346 e. The zero-order valence-corrected chi connectivity index (χ0v) is 8.89. The SMILES string of the molecule is CC1=CC(=O)NC2(C)C1CC21CCC1. The Hall–Kier alpha value is -0.790. The highest BCUT2D eigenvalue weighted by Crippen LogP contribution is 2.66. The fourth-order valence-electron chi connectivity index (χ4n) is 3.81. The highest BCUT2D eigenvalue weighted by molar-refractivity contribution is 5.90. The number of hydrogen-bond donors (Lipinski definition) is 1. The van der Waals surface area contributed by atoms with Gasteiger partial charge in [0.25, 0.3) is 0 Å². The van der Waals surface area contributed by atoms with Crippen molar-refractivity contribution in [2.75, 3.05) is 0 Å². The van der Waals surface area contributed by atoms with Crippen molar-refractivity contribution in [1.82, 2.24) is 5.32 Å². The number of amides is 1. The molecule has 3 aliphatic rings. The monoisotopic (exact) mass is 191 g/mol. The molecule has 0 bridgehead atoms. The molecule has 14 heavy (non-hydrogen) atoms. The van der Waals surface area contributed by atoms with Crippen LogP contribution in [0, 0.1) is 11.3 Å². The zero-order valence-electron chi connectivity index (χ0n) is 8.89. The van der Waals surface area contributed by atoms with Crippen LogP contribution in [0.3, 0.4) is 0 Å². The van der Waals surface area contributed by atoms with Crippen LogP contribution in [0.25, 0.3) is 0 Å². The summed E-state index contributed by atoms with van der Waals surface area (Å²) in [6, 6.07) is 0. The fourth-order valence-corrected chi connectivity index (χ4v) is 3.81. The smallest absolute Gasteiger partial charge is 0.244 e. The van der Waals surface area contributed by atoms with Gasteiger partial charge in [-0.3, -0.25) is 4.79 Å². The summed E-state index contributed by atoms with van der Waals surface area (Å²) in [5, 5.41) is 3.20. The Morgan fingerprint density at radius 2 is 2.21 bits per heavy atom. The van der Waals surface area contributed by atoms with E-state index in [1.165, 1.54) is 31.3 Å².